The molecular weight excluding hydrogens is 430 g/mol. The number of fused-ring (bicyclic) bond motifs is 2. The molecule has 0 bridgehead atoms. The first-order valence-corrected chi connectivity index (χ1v) is 9.90. The summed E-state index contributed by atoms with van der Waals surface area (Å²) >= 11 is 0. The van der Waals surface area contributed by atoms with Crippen LogP contribution in [0.15, 0.2) is 54.7 Å². The number of hydrogen-bond donors (Lipinski definition) is 3. The Morgan fingerprint density at radius 1 is 0.879 bits per heavy atom. The standard InChI is InChI=1S/C23H18F2N6O2/c1-32-20-9-15-18(10-21(20)33-2)28-23(29-19-8-13(24)3-5-16(19)25)30-22(15)27-14-4-6-17-12(7-14)11-26-31-17/h3-11H,1-2H3,(H,26,31)(H2,27,28,29,30). The van der Waals surface area contributed by atoms with E-state index in [4.69, 9.17) is 9.47 Å². The van der Waals surface area contributed by atoms with Gasteiger partial charge in [-0.3, -0.25) is 5.10 Å². The third kappa shape index (κ3) is 3.93. The zero-order chi connectivity index (χ0) is 22.9. The van der Waals surface area contributed by atoms with Crippen molar-refractivity contribution in [2.45, 2.75) is 0 Å². The number of H-pyrrole nitrogens is 1. The molecule has 0 saturated heterocycles. The molecule has 0 saturated carbocycles. The van der Waals surface area contributed by atoms with Gasteiger partial charge in [-0.2, -0.15) is 10.1 Å². The Bertz CT molecular complexity index is 1490. The Morgan fingerprint density at radius 3 is 2.52 bits per heavy atom. The van der Waals surface area contributed by atoms with E-state index in [1.807, 2.05) is 18.2 Å². The monoisotopic (exact) mass is 448 g/mol. The predicted octanol–water partition coefficient (Wildman–Crippen LogP) is 5.29. The van der Waals surface area contributed by atoms with Crippen LogP contribution in [-0.2, 0) is 0 Å². The largest absolute Gasteiger partial charge is 0.493 e. The second-order valence-electron chi connectivity index (χ2n) is 7.17. The molecule has 0 fully saturated rings. The van der Waals surface area contributed by atoms with E-state index in [9.17, 15) is 8.78 Å². The summed E-state index contributed by atoms with van der Waals surface area (Å²) in [7, 11) is 3.05. The maximum atomic E-state index is 14.2. The van der Waals surface area contributed by atoms with E-state index in [-0.39, 0.29) is 11.6 Å². The van der Waals surface area contributed by atoms with Crippen LogP contribution < -0.4 is 20.1 Å². The molecule has 0 amide bonds. The molecule has 3 aromatic carbocycles. The Morgan fingerprint density at radius 2 is 1.70 bits per heavy atom. The summed E-state index contributed by atoms with van der Waals surface area (Å²) in [6.45, 7) is 0. The van der Waals surface area contributed by atoms with Gasteiger partial charge in [0.05, 0.1) is 37.1 Å². The summed E-state index contributed by atoms with van der Waals surface area (Å²) in [6.07, 6.45) is 1.71. The Labute approximate surface area is 186 Å². The van der Waals surface area contributed by atoms with Gasteiger partial charge in [-0.15, -0.1) is 0 Å². The van der Waals surface area contributed by atoms with Gasteiger partial charge in [0.1, 0.15) is 17.5 Å². The average Bonchev–Trinajstić information content (AvgIpc) is 3.28. The van der Waals surface area contributed by atoms with E-state index < -0.39 is 11.6 Å². The van der Waals surface area contributed by atoms with E-state index in [2.05, 4.69) is 30.8 Å². The van der Waals surface area contributed by atoms with Crippen LogP contribution in [0.25, 0.3) is 21.8 Å². The van der Waals surface area contributed by atoms with E-state index in [1.54, 1.807) is 18.3 Å². The summed E-state index contributed by atoms with van der Waals surface area (Å²) in [6, 6.07) is 12.2. The number of anilines is 4. The van der Waals surface area contributed by atoms with Gasteiger partial charge >= 0.3 is 0 Å². The average molecular weight is 448 g/mol. The molecule has 2 heterocycles. The Balaban J connectivity index is 1.64. The van der Waals surface area contributed by atoms with Gasteiger partial charge in [0.15, 0.2) is 11.5 Å². The molecule has 0 unspecified atom stereocenters. The first kappa shape index (κ1) is 20.4. The van der Waals surface area contributed by atoms with Crippen molar-refractivity contribution < 1.29 is 18.3 Å². The molecule has 0 atom stereocenters. The van der Waals surface area contributed by atoms with Crippen LogP contribution in [0.2, 0.25) is 0 Å². The minimum absolute atomic E-state index is 0.0751. The second kappa shape index (κ2) is 8.23. The number of methoxy groups -OCH3 is 2. The molecule has 10 heteroatoms. The second-order valence-corrected chi connectivity index (χ2v) is 7.17. The van der Waals surface area contributed by atoms with E-state index in [0.717, 1.165) is 34.8 Å². The van der Waals surface area contributed by atoms with Gasteiger partial charge < -0.3 is 20.1 Å². The number of aromatic amines is 1. The number of rotatable bonds is 6. The third-order valence-electron chi connectivity index (χ3n) is 5.08. The maximum absolute atomic E-state index is 14.2. The lowest BCUT2D eigenvalue weighted by atomic mass is 10.2. The van der Waals surface area contributed by atoms with Gasteiger partial charge in [0, 0.05) is 28.6 Å². The highest BCUT2D eigenvalue weighted by Gasteiger charge is 2.15. The van der Waals surface area contributed by atoms with Gasteiger partial charge in [-0.1, -0.05) is 0 Å². The summed E-state index contributed by atoms with van der Waals surface area (Å²) in [5, 5.41) is 14.5. The van der Waals surface area contributed by atoms with Crippen molar-refractivity contribution in [2.24, 2.45) is 0 Å². The van der Waals surface area contributed by atoms with Gasteiger partial charge in [0.25, 0.3) is 0 Å². The van der Waals surface area contributed by atoms with E-state index in [0.29, 0.717) is 28.2 Å². The third-order valence-corrected chi connectivity index (χ3v) is 5.08. The van der Waals surface area contributed by atoms with Crippen LogP contribution in [0.5, 0.6) is 11.5 Å². The molecule has 0 radical (unpaired) electrons. The van der Waals surface area contributed by atoms with E-state index in [1.165, 1.54) is 14.2 Å². The number of halogens is 2. The lowest BCUT2D eigenvalue weighted by Crippen LogP contribution is -2.04. The van der Waals surface area contributed by atoms with Crippen LogP contribution in [-0.4, -0.2) is 34.4 Å². The molecule has 0 aliphatic heterocycles. The minimum atomic E-state index is -0.632. The minimum Gasteiger partial charge on any atom is -0.493 e. The fourth-order valence-electron chi connectivity index (χ4n) is 3.48. The molecule has 0 aliphatic rings. The molecule has 0 spiro atoms. The Kier molecular flexibility index (Phi) is 5.09. The van der Waals surface area contributed by atoms with Crippen LogP contribution >= 0.6 is 0 Å². The molecule has 5 aromatic rings. The molecule has 3 N–H and O–H groups in total. The summed E-state index contributed by atoms with van der Waals surface area (Å²) in [4.78, 5) is 8.99. The number of benzene rings is 3. The zero-order valence-electron chi connectivity index (χ0n) is 17.6. The molecular formula is C23H18F2N6O2. The van der Waals surface area contributed by atoms with Crippen LogP contribution in [0.1, 0.15) is 0 Å². The fraction of sp³-hybridized carbons (Fsp3) is 0.0870. The highest BCUT2D eigenvalue weighted by atomic mass is 19.1. The normalized spacial score (nSPS) is 11.0. The van der Waals surface area contributed by atoms with Crippen LogP contribution in [0, 0.1) is 11.6 Å². The SMILES string of the molecule is COc1cc2nc(Nc3cc(F)ccc3F)nc(Nc3ccc4[nH]ncc4c3)c2cc1OC. The van der Waals surface area contributed by atoms with E-state index >= 15 is 0 Å². The molecule has 0 aliphatic carbocycles. The lowest BCUT2D eigenvalue weighted by molar-refractivity contribution is 0.356. The first-order chi connectivity index (χ1) is 16.0. The highest BCUT2D eigenvalue weighted by molar-refractivity contribution is 5.95. The topological polar surface area (TPSA) is 97.0 Å². The quantitative estimate of drug-likeness (QED) is 0.325. The first-order valence-electron chi connectivity index (χ1n) is 9.90. The van der Waals surface area contributed by atoms with Crippen LogP contribution in [0.3, 0.4) is 0 Å². The van der Waals surface area contributed by atoms with Gasteiger partial charge in [0.2, 0.25) is 5.95 Å². The van der Waals surface area contributed by atoms with Crippen molar-refractivity contribution in [3.63, 3.8) is 0 Å². The molecule has 8 nitrogen and oxygen atoms in total. The Hall–Kier alpha value is -4.47. The molecule has 2 aromatic heterocycles. The van der Waals surface area contributed by atoms with Crippen molar-refractivity contribution in [3.8, 4) is 11.5 Å². The molecule has 33 heavy (non-hydrogen) atoms. The zero-order valence-corrected chi connectivity index (χ0v) is 17.6. The number of aromatic nitrogens is 4. The van der Waals surface area contributed by atoms with Gasteiger partial charge in [-0.25, -0.2) is 13.8 Å². The fourth-order valence-corrected chi connectivity index (χ4v) is 3.48. The predicted molar refractivity (Wildman–Crippen MR) is 122 cm³/mol. The maximum Gasteiger partial charge on any atom is 0.229 e. The van der Waals surface area contributed by atoms with Crippen molar-refractivity contribution in [1.82, 2.24) is 20.2 Å². The van der Waals surface area contributed by atoms with Crippen molar-refractivity contribution in [2.75, 3.05) is 24.9 Å². The summed E-state index contributed by atoms with van der Waals surface area (Å²) in [5.74, 6) is 0.260. The number of nitrogens with zero attached hydrogens (tertiary/aromatic N) is 3. The van der Waals surface area contributed by atoms with Gasteiger partial charge in [-0.05, 0) is 36.4 Å². The molecule has 166 valence electrons. The molecule has 5 rings (SSSR count). The number of nitrogens with one attached hydrogen (secondary N) is 3. The van der Waals surface area contributed by atoms with Crippen molar-refractivity contribution >= 4 is 44.9 Å². The van der Waals surface area contributed by atoms with Crippen LogP contribution in [0.4, 0.5) is 31.9 Å². The highest BCUT2D eigenvalue weighted by Crippen LogP contribution is 2.36. The number of hydrogen-bond acceptors (Lipinski definition) is 7. The van der Waals surface area contributed by atoms with Crippen molar-refractivity contribution in [1.29, 1.82) is 0 Å². The smallest absolute Gasteiger partial charge is 0.229 e. The summed E-state index contributed by atoms with van der Waals surface area (Å²) < 4.78 is 38.7. The number of ether oxygens (including phenoxy) is 2. The van der Waals surface area contributed by atoms with Crippen molar-refractivity contribution in [3.05, 3.63) is 66.4 Å². The lowest BCUT2D eigenvalue weighted by Gasteiger charge is -2.15. The summed E-state index contributed by atoms with van der Waals surface area (Å²) in [5.41, 5.74) is 2.07.